The summed E-state index contributed by atoms with van der Waals surface area (Å²) in [6, 6.07) is 0.948. The molecular weight excluding hydrogens is 250 g/mol. The zero-order valence-corrected chi connectivity index (χ0v) is 8.89. The topological polar surface area (TPSA) is 73.1 Å². The van der Waals surface area contributed by atoms with Crippen molar-refractivity contribution in [2.24, 2.45) is 5.14 Å². The third kappa shape index (κ3) is 2.83. The van der Waals surface area contributed by atoms with Crippen molar-refractivity contribution in [1.82, 2.24) is 4.98 Å². The van der Waals surface area contributed by atoms with Gasteiger partial charge in [0, 0.05) is 17.6 Å². The summed E-state index contributed by atoms with van der Waals surface area (Å²) in [5, 5.41) is 4.32. The second-order valence-electron chi connectivity index (χ2n) is 2.70. The van der Waals surface area contributed by atoms with Crippen LogP contribution in [0.25, 0.3) is 0 Å². The standard InChI is InChI=1S/C7H7ClF2N2O2S/c8-2-4-1-6(15(11,13)14)12-3-5(4)7(9)10/h1,3,7H,2H2,(H2,11,13,14). The molecule has 0 atom stereocenters. The van der Waals surface area contributed by atoms with Gasteiger partial charge >= 0.3 is 0 Å². The van der Waals surface area contributed by atoms with E-state index in [-0.39, 0.29) is 11.4 Å². The molecule has 0 aliphatic rings. The van der Waals surface area contributed by atoms with Crippen LogP contribution in [0.4, 0.5) is 8.78 Å². The maximum Gasteiger partial charge on any atom is 0.265 e. The molecule has 2 N–H and O–H groups in total. The zero-order chi connectivity index (χ0) is 11.6. The van der Waals surface area contributed by atoms with Crippen LogP contribution in [0, 0.1) is 0 Å². The van der Waals surface area contributed by atoms with Crippen LogP contribution < -0.4 is 5.14 Å². The molecule has 1 rings (SSSR count). The Morgan fingerprint density at radius 3 is 2.53 bits per heavy atom. The number of primary sulfonamides is 1. The van der Waals surface area contributed by atoms with Crippen LogP contribution in [0.2, 0.25) is 0 Å². The van der Waals surface area contributed by atoms with Crippen LogP contribution in [0.3, 0.4) is 0 Å². The predicted octanol–water partition coefficient (Wildman–Crippen LogP) is 1.41. The molecular formula is C7H7ClF2N2O2S. The maximum atomic E-state index is 12.4. The largest absolute Gasteiger partial charge is 0.265 e. The van der Waals surface area contributed by atoms with E-state index in [1.54, 1.807) is 0 Å². The van der Waals surface area contributed by atoms with Crippen molar-refractivity contribution in [3.05, 3.63) is 23.4 Å². The van der Waals surface area contributed by atoms with Gasteiger partial charge in [-0.25, -0.2) is 27.3 Å². The van der Waals surface area contributed by atoms with Gasteiger partial charge in [-0.05, 0) is 11.6 Å². The quantitative estimate of drug-likeness (QED) is 0.831. The van der Waals surface area contributed by atoms with Crippen molar-refractivity contribution < 1.29 is 17.2 Å². The molecule has 0 saturated heterocycles. The Morgan fingerprint density at radius 2 is 2.13 bits per heavy atom. The Balaban J connectivity index is 3.32. The van der Waals surface area contributed by atoms with Gasteiger partial charge in [0.2, 0.25) is 0 Å². The van der Waals surface area contributed by atoms with Crippen LogP contribution in [0.5, 0.6) is 0 Å². The highest BCUT2D eigenvalue weighted by Gasteiger charge is 2.17. The first-order valence-electron chi connectivity index (χ1n) is 3.72. The Labute approximate surface area is 90.1 Å². The number of aromatic nitrogens is 1. The molecule has 0 bridgehead atoms. The van der Waals surface area contributed by atoms with E-state index in [1.807, 2.05) is 0 Å². The highest BCUT2D eigenvalue weighted by atomic mass is 35.5. The van der Waals surface area contributed by atoms with Gasteiger partial charge in [-0.15, -0.1) is 11.6 Å². The van der Waals surface area contributed by atoms with Crippen molar-refractivity contribution >= 4 is 21.6 Å². The Bertz CT molecular complexity index is 464. The van der Waals surface area contributed by atoms with Gasteiger partial charge in [-0.1, -0.05) is 0 Å². The SMILES string of the molecule is NS(=O)(=O)c1cc(CCl)c(C(F)F)cn1. The lowest BCUT2D eigenvalue weighted by molar-refractivity contribution is 0.150. The van der Waals surface area contributed by atoms with E-state index in [4.69, 9.17) is 16.7 Å². The first kappa shape index (κ1) is 12.3. The van der Waals surface area contributed by atoms with Gasteiger partial charge in [0.1, 0.15) is 0 Å². The molecule has 1 aromatic heterocycles. The lowest BCUT2D eigenvalue weighted by atomic mass is 10.2. The minimum absolute atomic E-state index is 0.00527. The van der Waals surface area contributed by atoms with Crippen molar-refractivity contribution in [3.63, 3.8) is 0 Å². The zero-order valence-electron chi connectivity index (χ0n) is 7.32. The smallest absolute Gasteiger partial charge is 0.243 e. The number of alkyl halides is 3. The fourth-order valence-corrected chi connectivity index (χ4v) is 1.69. The molecule has 0 unspecified atom stereocenters. The maximum absolute atomic E-state index is 12.4. The van der Waals surface area contributed by atoms with E-state index in [2.05, 4.69) is 4.98 Å². The van der Waals surface area contributed by atoms with Crippen LogP contribution >= 0.6 is 11.6 Å². The second-order valence-corrected chi connectivity index (χ2v) is 4.48. The Hall–Kier alpha value is -0.790. The first-order valence-corrected chi connectivity index (χ1v) is 5.80. The average Bonchev–Trinajstić information content (AvgIpc) is 2.15. The van der Waals surface area contributed by atoms with Gasteiger partial charge in [0.25, 0.3) is 16.4 Å². The molecule has 4 nitrogen and oxygen atoms in total. The average molecular weight is 257 g/mol. The Morgan fingerprint density at radius 1 is 1.53 bits per heavy atom. The summed E-state index contributed by atoms with van der Waals surface area (Å²) < 4.78 is 46.5. The molecule has 0 saturated carbocycles. The van der Waals surface area contributed by atoms with Crippen molar-refractivity contribution in [3.8, 4) is 0 Å². The second kappa shape index (κ2) is 4.38. The number of rotatable bonds is 3. The third-order valence-electron chi connectivity index (χ3n) is 1.67. The third-order valence-corrected chi connectivity index (χ3v) is 2.76. The molecule has 0 spiro atoms. The summed E-state index contributed by atoms with van der Waals surface area (Å²) in [5.41, 5.74) is -0.386. The van der Waals surface area contributed by atoms with Crippen molar-refractivity contribution in [2.45, 2.75) is 17.3 Å². The highest BCUT2D eigenvalue weighted by Crippen LogP contribution is 2.24. The van der Waals surface area contributed by atoms with Gasteiger partial charge in [0.05, 0.1) is 0 Å². The van der Waals surface area contributed by atoms with E-state index in [9.17, 15) is 17.2 Å². The summed E-state index contributed by atoms with van der Waals surface area (Å²) in [4.78, 5) is 3.33. The monoisotopic (exact) mass is 256 g/mol. The number of nitrogens with zero attached hydrogens (tertiary/aromatic N) is 1. The molecule has 0 aliphatic carbocycles. The van der Waals surface area contributed by atoms with E-state index in [1.165, 1.54) is 0 Å². The lowest BCUT2D eigenvalue weighted by Gasteiger charge is -2.06. The van der Waals surface area contributed by atoms with Crippen molar-refractivity contribution in [1.29, 1.82) is 0 Å². The molecule has 0 aromatic carbocycles. The predicted molar refractivity (Wildman–Crippen MR) is 50.1 cm³/mol. The van der Waals surface area contributed by atoms with Gasteiger partial charge in [-0.2, -0.15) is 0 Å². The minimum Gasteiger partial charge on any atom is -0.243 e. The van der Waals surface area contributed by atoms with E-state index in [0.717, 1.165) is 12.3 Å². The molecule has 0 fully saturated rings. The number of pyridine rings is 1. The number of halogens is 3. The molecule has 0 aliphatic heterocycles. The van der Waals surface area contributed by atoms with Crippen LogP contribution in [-0.4, -0.2) is 13.4 Å². The molecule has 84 valence electrons. The van der Waals surface area contributed by atoms with Crippen LogP contribution in [-0.2, 0) is 15.9 Å². The number of hydrogen-bond acceptors (Lipinski definition) is 3. The molecule has 15 heavy (non-hydrogen) atoms. The fourth-order valence-electron chi connectivity index (χ4n) is 0.954. The fraction of sp³-hybridized carbons (Fsp3) is 0.286. The summed E-state index contributed by atoms with van der Waals surface area (Å²) in [6.07, 6.45) is -1.98. The van der Waals surface area contributed by atoms with Gasteiger partial charge in [0.15, 0.2) is 5.03 Å². The number of sulfonamides is 1. The molecule has 8 heteroatoms. The van der Waals surface area contributed by atoms with Crippen LogP contribution in [0.15, 0.2) is 17.3 Å². The van der Waals surface area contributed by atoms with Crippen molar-refractivity contribution in [2.75, 3.05) is 0 Å². The number of hydrogen-bond donors (Lipinski definition) is 1. The van der Waals surface area contributed by atoms with Gasteiger partial charge in [-0.3, -0.25) is 0 Å². The summed E-state index contributed by atoms with van der Waals surface area (Å²) in [7, 11) is -3.99. The van der Waals surface area contributed by atoms with E-state index < -0.39 is 27.0 Å². The molecule has 0 amide bonds. The molecule has 1 heterocycles. The highest BCUT2D eigenvalue weighted by molar-refractivity contribution is 7.89. The lowest BCUT2D eigenvalue weighted by Crippen LogP contribution is -2.14. The minimum atomic E-state index is -3.99. The van der Waals surface area contributed by atoms with Gasteiger partial charge < -0.3 is 0 Å². The number of nitrogens with two attached hydrogens (primary N) is 1. The summed E-state index contributed by atoms with van der Waals surface area (Å²) in [5.74, 6) is -0.231. The normalized spacial score (nSPS) is 12.1. The summed E-state index contributed by atoms with van der Waals surface area (Å²) in [6.45, 7) is 0. The molecule has 1 aromatic rings. The van der Waals surface area contributed by atoms with Crippen LogP contribution in [0.1, 0.15) is 17.6 Å². The molecule has 0 radical (unpaired) electrons. The van der Waals surface area contributed by atoms with E-state index in [0.29, 0.717) is 0 Å². The summed E-state index contributed by atoms with van der Waals surface area (Å²) >= 11 is 5.40. The van der Waals surface area contributed by atoms with E-state index >= 15 is 0 Å². The Kier molecular flexibility index (Phi) is 3.58. The first-order chi connectivity index (χ1) is 6.86.